The van der Waals surface area contributed by atoms with Crippen LogP contribution in [0.2, 0.25) is 5.02 Å². The van der Waals surface area contributed by atoms with Crippen molar-refractivity contribution in [2.24, 2.45) is 5.92 Å². The SMILES string of the molecule is OCC1CCn2c(cnc2Cc2ccc(Cl)cc2)C1. The van der Waals surface area contributed by atoms with Crippen molar-refractivity contribution in [1.29, 1.82) is 0 Å². The van der Waals surface area contributed by atoms with E-state index in [9.17, 15) is 5.11 Å². The van der Waals surface area contributed by atoms with Gasteiger partial charge in [0.15, 0.2) is 0 Å². The van der Waals surface area contributed by atoms with E-state index in [1.54, 1.807) is 0 Å². The Morgan fingerprint density at radius 3 is 2.84 bits per heavy atom. The molecule has 4 heteroatoms. The summed E-state index contributed by atoms with van der Waals surface area (Å²) >= 11 is 5.90. The highest BCUT2D eigenvalue weighted by Gasteiger charge is 2.20. The molecule has 3 nitrogen and oxygen atoms in total. The fraction of sp³-hybridized carbons (Fsp3) is 0.400. The topological polar surface area (TPSA) is 38.0 Å². The molecule has 19 heavy (non-hydrogen) atoms. The number of halogens is 1. The summed E-state index contributed by atoms with van der Waals surface area (Å²) in [7, 11) is 0. The van der Waals surface area contributed by atoms with Crippen molar-refractivity contribution >= 4 is 11.6 Å². The summed E-state index contributed by atoms with van der Waals surface area (Å²) in [5.41, 5.74) is 2.47. The summed E-state index contributed by atoms with van der Waals surface area (Å²) < 4.78 is 2.29. The second kappa shape index (κ2) is 5.35. The Kier molecular flexibility index (Phi) is 3.58. The van der Waals surface area contributed by atoms with E-state index >= 15 is 0 Å². The fourth-order valence-corrected chi connectivity index (χ4v) is 2.81. The van der Waals surface area contributed by atoms with Gasteiger partial charge in [-0.05, 0) is 36.5 Å². The minimum absolute atomic E-state index is 0.275. The third-order valence-corrected chi connectivity index (χ3v) is 4.07. The summed E-state index contributed by atoms with van der Waals surface area (Å²) in [6.07, 6.45) is 4.76. The lowest BCUT2D eigenvalue weighted by atomic mass is 9.97. The molecule has 100 valence electrons. The predicted octanol–water partition coefficient (Wildman–Crippen LogP) is 2.68. The number of aliphatic hydroxyl groups is 1. The quantitative estimate of drug-likeness (QED) is 0.936. The largest absolute Gasteiger partial charge is 0.396 e. The van der Waals surface area contributed by atoms with E-state index < -0.39 is 0 Å². The summed E-state index contributed by atoms with van der Waals surface area (Å²) in [6, 6.07) is 7.92. The molecule has 1 aliphatic rings. The van der Waals surface area contributed by atoms with Crippen molar-refractivity contribution in [2.75, 3.05) is 6.61 Å². The van der Waals surface area contributed by atoms with E-state index in [4.69, 9.17) is 11.6 Å². The van der Waals surface area contributed by atoms with Crippen molar-refractivity contribution in [2.45, 2.75) is 25.8 Å². The number of hydrogen-bond acceptors (Lipinski definition) is 2. The lowest BCUT2D eigenvalue weighted by Gasteiger charge is -2.23. The molecular formula is C15H17ClN2O. The number of benzene rings is 1. The van der Waals surface area contributed by atoms with Crippen LogP contribution in [-0.2, 0) is 19.4 Å². The Balaban J connectivity index is 1.80. The summed E-state index contributed by atoms with van der Waals surface area (Å²) in [5, 5.41) is 10.0. The third kappa shape index (κ3) is 2.67. The van der Waals surface area contributed by atoms with Crippen molar-refractivity contribution in [3.63, 3.8) is 0 Å². The van der Waals surface area contributed by atoms with Gasteiger partial charge in [-0.2, -0.15) is 0 Å². The van der Waals surface area contributed by atoms with E-state index in [1.807, 2.05) is 30.5 Å². The van der Waals surface area contributed by atoms with Gasteiger partial charge in [0.25, 0.3) is 0 Å². The van der Waals surface area contributed by atoms with Crippen molar-refractivity contribution in [3.05, 3.63) is 52.6 Å². The minimum atomic E-state index is 0.275. The highest BCUT2D eigenvalue weighted by molar-refractivity contribution is 6.30. The zero-order chi connectivity index (χ0) is 13.2. The predicted molar refractivity (Wildman–Crippen MR) is 75.4 cm³/mol. The molecule has 1 N–H and O–H groups in total. The first-order valence-corrected chi connectivity index (χ1v) is 7.02. The van der Waals surface area contributed by atoms with Crippen LogP contribution in [0.3, 0.4) is 0 Å². The van der Waals surface area contributed by atoms with Gasteiger partial charge < -0.3 is 9.67 Å². The van der Waals surface area contributed by atoms with Crippen LogP contribution in [0.1, 0.15) is 23.5 Å². The van der Waals surface area contributed by atoms with Crippen molar-refractivity contribution in [3.8, 4) is 0 Å². The molecule has 3 rings (SSSR count). The first-order chi connectivity index (χ1) is 9.26. The third-order valence-electron chi connectivity index (χ3n) is 3.81. The molecule has 1 aliphatic heterocycles. The normalized spacial score (nSPS) is 18.3. The van der Waals surface area contributed by atoms with Crippen molar-refractivity contribution in [1.82, 2.24) is 9.55 Å². The summed E-state index contributed by atoms with van der Waals surface area (Å²) in [6.45, 7) is 1.24. The molecule has 0 saturated heterocycles. The maximum Gasteiger partial charge on any atom is 0.113 e. The van der Waals surface area contributed by atoms with Gasteiger partial charge in [0.1, 0.15) is 5.82 Å². The number of imidazole rings is 1. The monoisotopic (exact) mass is 276 g/mol. The van der Waals surface area contributed by atoms with Crippen LogP contribution in [0.25, 0.3) is 0 Å². The van der Waals surface area contributed by atoms with E-state index in [0.29, 0.717) is 5.92 Å². The number of nitrogens with zero attached hydrogens (tertiary/aromatic N) is 2. The molecule has 2 aromatic rings. The highest BCUT2D eigenvalue weighted by Crippen LogP contribution is 2.23. The van der Waals surface area contributed by atoms with Crippen molar-refractivity contribution < 1.29 is 5.11 Å². The van der Waals surface area contributed by atoms with Gasteiger partial charge in [0.2, 0.25) is 0 Å². The van der Waals surface area contributed by atoms with Gasteiger partial charge in [-0.1, -0.05) is 23.7 Å². The Morgan fingerprint density at radius 1 is 1.32 bits per heavy atom. The smallest absolute Gasteiger partial charge is 0.113 e. The average Bonchev–Trinajstić information content (AvgIpc) is 2.83. The van der Waals surface area contributed by atoms with Gasteiger partial charge >= 0.3 is 0 Å². The molecule has 0 spiro atoms. The van der Waals surface area contributed by atoms with Gasteiger partial charge in [0.05, 0.1) is 0 Å². The van der Waals surface area contributed by atoms with Crippen LogP contribution in [0.15, 0.2) is 30.5 Å². The first kappa shape index (κ1) is 12.7. The Morgan fingerprint density at radius 2 is 2.11 bits per heavy atom. The molecule has 0 radical (unpaired) electrons. The van der Waals surface area contributed by atoms with Crippen LogP contribution in [0, 0.1) is 5.92 Å². The van der Waals surface area contributed by atoms with E-state index in [2.05, 4.69) is 9.55 Å². The molecule has 1 aromatic heterocycles. The van der Waals surface area contributed by atoms with E-state index in [-0.39, 0.29) is 6.61 Å². The minimum Gasteiger partial charge on any atom is -0.396 e. The van der Waals surface area contributed by atoms with Crippen LogP contribution >= 0.6 is 11.6 Å². The number of fused-ring (bicyclic) bond motifs is 1. The van der Waals surface area contributed by atoms with E-state index in [1.165, 1.54) is 11.3 Å². The maximum absolute atomic E-state index is 9.24. The fourth-order valence-electron chi connectivity index (χ4n) is 2.68. The summed E-state index contributed by atoms with van der Waals surface area (Å²) in [4.78, 5) is 4.53. The molecule has 1 aromatic carbocycles. The van der Waals surface area contributed by atoms with Gasteiger partial charge in [-0.3, -0.25) is 0 Å². The second-order valence-electron chi connectivity index (χ2n) is 5.16. The molecule has 0 aliphatic carbocycles. The lowest BCUT2D eigenvalue weighted by Crippen LogP contribution is -2.22. The number of hydrogen-bond donors (Lipinski definition) is 1. The zero-order valence-corrected chi connectivity index (χ0v) is 11.5. The molecule has 0 fully saturated rings. The number of aliphatic hydroxyl groups excluding tert-OH is 1. The average molecular weight is 277 g/mol. The maximum atomic E-state index is 9.24. The Bertz CT molecular complexity index is 562. The highest BCUT2D eigenvalue weighted by atomic mass is 35.5. The van der Waals surface area contributed by atoms with Gasteiger partial charge in [-0.15, -0.1) is 0 Å². The van der Waals surface area contributed by atoms with Crippen LogP contribution < -0.4 is 0 Å². The molecule has 0 amide bonds. The standard InChI is InChI=1S/C15H17ClN2O/c16-13-3-1-11(2-4-13)8-15-17-9-14-7-12(10-19)5-6-18(14)15/h1-4,9,12,19H,5-8,10H2. The number of aromatic nitrogens is 2. The van der Waals surface area contributed by atoms with Crippen LogP contribution in [0.5, 0.6) is 0 Å². The molecule has 0 saturated carbocycles. The molecule has 1 unspecified atom stereocenters. The molecule has 2 heterocycles. The van der Waals surface area contributed by atoms with Crippen LogP contribution in [-0.4, -0.2) is 21.3 Å². The second-order valence-corrected chi connectivity index (χ2v) is 5.60. The lowest BCUT2D eigenvalue weighted by molar-refractivity contribution is 0.200. The molecule has 0 bridgehead atoms. The van der Waals surface area contributed by atoms with Crippen LogP contribution in [0.4, 0.5) is 0 Å². The van der Waals surface area contributed by atoms with Gasteiger partial charge in [0, 0.05) is 36.5 Å². The molecular weight excluding hydrogens is 260 g/mol. The summed E-state index contributed by atoms with van der Waals surface area (Å²) in [5.74, 6) is 1.50. The number of rotatable bonds is 3. The Hall–Kier alpha value is -1.32. The zero-order valence-electron chi connectivity index (χ0n) is 10.7. The van der Waals surface area contributed by atoms with E-state index in [0.717, 1.165) is 36.7 Å². The first-order valence-electron chi connectivity index (χ1n) is 6.65. The molecule has 1 atom stereocenters. The van der Waals surface area contributed by atoms with Gasteiger partial charge in [-0.25, -0.2) is 4.98 Å². The Labute approximate surface area is 117 Å².